The second-order valence-corrected chi connectivity index (χ2v) is 8.72. The Morgan fingerprint density at radius 2 is 2.07 bits per heavy atom. The van der Waals surface area contributed by atoms with Crippen molar-refractivity contribution in [3.05, 3.63) is 58.6 Å². The molecule has 1 fully saturated rings. The molecule has 7 heteroatoms. The number of carboxylic acid groups (broad SMARTS) is 1. The summed E-state index contributed by atoms with van der Waals surface area (Å²) in [5, 5.41) is 10.8. The predicted octanol–water partition coefficient (Wildman–Crippen LogP) is 4.29. The van der Waals surface area contributed by atoms with Crippen LogP contribution in [0, 0.1) is 0 Å². The highest BCUT2D eigenvalue weighted by Gasteiger charge is 2.26. The molecule has 1 saturated heterocycles. The first-order valence-electron chi connectivity index (χ1n) is 9.32. The average molecular weight is 416 g/mol. The zero-order valence-corrected chi connectivity index (χ0v) is 17.2. The van der Waals surface area contributed by atoms with Crippen molar-refractivity contribution in [2.75, 3.05) is 24.5 Å². The fraction of sp³-hybridized carbons (Fsp3) is 0.333. The largest absolute Gasteiger partial charge is 0.481 e. The van der Waals surface area contributed by atoms with Crippen molar-refractivity contribution in [3.63, 3.8) is 0 Å². The molecule has 0 saturated carbocycles. The van der Waals surface area contributed by atoms with E-state index in [2.05, 4.69) is 22.8 Å². The van der Waals surface area contributed by atoms with Crippen LogP contribution < -0.4 is 4.90 Å². The Labute approximate surface area is 173 Å². The van der Waals surface area contributed by atoms with Crippen molar-refractivity contribution in [1.29, 1.82) is 0 Å². The predicted molar refractivity (Wildman–Crippen MR) is 114 cm³/mol. The summed E-state index contributed by atoms with van der Waals surface area (Å²) in [6, 6.07) is 14.1. The zero-order chi connectivity index (χ0) is 19.7. The maximum atomic E-state index is 10.9. The normalized spacial score (nSPS) is 17.9. The molecule has 0 aliphatic carbocycles. The van der Waals surface area contributed by atoms with Crippen LogP contribution in [0.1, 0.15) is 18.1 Å². The summed E-state index contributed by atoms with van der Waals surface area (Å²) < 4.78 is 1.12. The van der Waals surface area contributed by atoms with Gasteiger partial charge in [-0.25, -0.2) is 4.98 Å². The highest BCUT2D eigenvalue weighted by molar-refractivity contribution is 7.22. The fourth-order valence-corrected chi connectivity index (χ4v) is 5.11. The van der Waals surface area contributed by atoms with E-state index < -0.39 is 5.97 Å². The number of fused-ring (bicyclic) bond motifs is 1. The SMILES string of the molecule is C[C@H]1CN(Cc2cccc(CC(=O)O)c2)CCN1c1nc2ccc(Cl)cc2s1. The molecule has 3 aromatic rings. The fourth-order valence-electron chi connectivity index (χ4n) is 3.74. The van der Waals surface area contributed by atoms with E-state index in [-0.39, 0.29) is 6.42 Å². The molecule has 4 rings (SSSR count). The first kappa shape index (κ1) is 19.2. The lowest BCUT2D eigenvalue weighted by Crippen LogP contribution is -2.51. The average Bonchev–Trinajstić information content (AvgIpc) is 3.04. The molecule has 1 aliphatic heterocycles. The lowest BCUT2D eigenvalue weighted by atomic mass is 10.1. The standard InChI is InChI=1S/C21H22ClN3O2S/c1-14-12-24(13-16-4-2-3-15(9-16)10-20(26)27)7-8-25(14)21-23-18-6-5-17(22)11-19(18)28-21/h2-6,9,11,14H,7-8,10,12-13H2,1H3,(H,26,27)/t14-/m0/s1. The van der Waals surface area contributed by atoms with Gasteiger partial charge in [-0.2, -0.15) is 0 Å². The summed E-state index contributed by atoms with van der Waals surface area (Å²) in [5.74, 6) is -0.795. The minimum atomic E-state index is -0.795. The molecule has 0 spiro atoms. The van der Waals surface area contributed by atoms with Crippen molar-refractivity contribution in [2.24, 2.45) is 0 Å². The quantitative estimate of drug-likeness (QED) is 0.673. The van der Waals surface area contributed by atoms with E-state index in [1.807, 2.05) is 36.4 Å². The number of carbonyl (C=O) groups is 1. The number of aliphatic carboxylic acids is 1. The molecule has 1 aromatic heterocycles. The first-order valence-corrected chi connectivity index (χ1v) is 10.5. The van der Waals surface area contributed by atoms with Crippen molar-refractivity contribution >= 4 is 44.3 Å². The number of piperazine rings is 1. The Hall–Kier alpha value is -2.15. The summed E-state index contributed by atoms with van der Waals surface area (Å²) in [6.45, 7) is 5.88. The van der Waals surface area contributed by atoms with Crippen LogP contribution in [-0.4, -0.2) is 46.6 Å². The van der Waals surface area contributed by atoms with Gasteiger partial charge < -0.3 is 10.0 Å². The number of rotatable bonds is 5. The maximum absolute atomic E-state index is 10.9. The molecule has 0 radical (unpaired) electrons. The second kappa shape index (κ2) is 8.07. The van der Waals surface area contributed by atoms with Crippen molar-refractivity contribution in [3.8, 4) is 0 Å². The van der Waals surface area contributed by atoms with Crippen molar-refractivity contribution < 1.29 is 9.90 Å². The summed E-state index contributed by atoms with van der Waals surface area (Å²) in [6.07, 6.45) is 0.0691. The molecule has 5 nitrogen and oxygen atoms in total. The van der Waals surface area contributed by atoms with Gasteiger partial charge in [0.15, 0.2) is 5.13 Å². The number of carboxylic acids is 1. The maximum Gasteiger partial charge on any atom is 0.307 e. The van der Waals surface area contributed by atoms with Crippen LogP contribution in [0.2, 0.25) is 5.02 Å². The van der Waals surface area contributed by atoms with Gasteiger partial charge in [0, 0.05) is 37.2 Å². The number of benzene rings is 2. The highest BCUT2D eigenvalue weighted by Crippen LogP contribution is 2.32. The second-order valence-electron chi connectivity index (χ2n) is 7.28. The number of hydrogen-bond acceptors (Lipinski definition) is 5. The van der Waals surface area contributed by atoms with Gasteiger partial charge >= 0.3 is 5.97 Å². The van der Waals surface area contributed by atoms with Gasteiger partial charge in [-0.1, -0.05) is 47.2 Å². The Morgan fingerprint density at radius 1 is 1.25 bits per heavy atom. The van der Waals surface area contributed by atoms with Crippen LogP contribution in [-0.2, 0) is 17.8 Å². The third kappa shape index (κ3) is 4.29. The van der Waals surface area contributed by atoms with Gasteiger partial charge in [0.05, 0.1) is 16.6 Å². The van der Waals surface area contributed by atoms with Gasteiger partial charge in [0.2, 0.25) is 0 Å². The van der Waals surface area contributed by atoms with Crippen LogP contribution in [0.5, 0.6) is 0 Å². The summed E-state index contributed by atoms with van der Waals surface area (Å²) in [5.41, 5.74) is 3.01. The Morgan fingerprint density at radius 3 is 2.86 bits per heavy atom. The molecule has 1 aliphatic rings. The van der Waals surface area contributed by atoms with Crippen molar-refractivity contribution in [1.82, 2.24) is 9.88 Å². The van der Waals surface area contributed by atoms with Crippen molar-refractivity contribution in [2.45, 2.75) is 25.9 Å². The monoisotopic (exact) mass is 415 g/mol. The molecule has 2 aromatic carbocycles. The third-order valence-corrected chi connectivity index (χ3v) is 6.34. The van der Waals surface area contributed by atoms with Gasteiger partial charge in [0.1, 0.15) is 0 Å². The van der Waals surface area contributed by atoms with E-state index >= 15 is 0 Å². The molecule has 0 bridgehead atoms. The first-order chi connectivity index (χ1) is 13.5. The van der Waals surface area contributed by atoms with Crippen LogP contribution >= 0.6 is 22.9 Å². The Kier molecular flexibility index (Phi) is 5.53. The molecular formula is C21H22ClN3O2S. The summed E-state index contributed by atoms with van der Waals surface area (Å²) in [4.78, 5) is 20.5. The van der Waals surface area contributed by atoms with Gasteiger partial charge in [0.25, 0.3) is 0 Å². The van der Waals surface area contributed by atoms with E-state index in [0.717, 1.165) is 57.7 Å². The molecule has 1 N–H and O–H groups in total. The smallest absolute Gasteiger partial charge is 0.307 e. The minimum Gasteiger partial charge on any atom is -0.481 e. The van der Waals surface area contributed by atoms with Gasteiger partial charge in [-0.05, 0) is 36.2 Å². The topological polar surface area (TPSA) is 56.7 Å². The van der Waals surface area contributed by atoms with E-state index in [1.54, 1.807) is 11.3 Å². The molecule has 2 heterocycles. The summed E-state index contributed by atoms with van der Waals surface area (Å²) in [7, 11) is 0. The number of nitrogens with zero attached hydrogens (tertiary/aromatic N) is 3. The third-order valence-electron chi connectivity index (χ3n) is 5.05. The number of anilines is 1. The van der Waals surface area contributed by atoms with Crippen LogP contribution in [0.3, 0.4) is 0 Å². The van der Waals surface area contributed by atoms with Gasteiger partial charge in [-0.3, -0.25) is 9.69 Å². The number of halogens is 1. The Bertz CT molecular complexity index is 1010. The van der Waals surface area contributed by atoms with E-state index in [4.69, 9.17) is 21.7 Å². The number of thiazole rings is 1. The number of hydrogen-bond donors (Lipinski definition) is 1. The van der Waals surface area contributed by atoms with Gasteiger partial charge in [-0.15, -0.1) is 0 Å². The van der Waals surface area contributed by atoms with Crippen LogP contribution in [0.4, 0.5) is 5.13 Å². The molecule has 28 heavy (non-hydrogen) atoms. The zero-order valence-electron chi connectivity index (χ0n) is 15.6. The lowest BCUT2D eigenvalue weighted by molar-refractivity contribution is -0.136. The molecular weight excluding hydrogens is 394 g/mol. The van der Waals surface area contributed by atoms with E-state index in [0.29, 0.717) is 6.04 Å². The molecule has 0 amide bonds. The molecule has 0 unspecified atom stereocenters. The summed E-state index contributed by atoms with van der Waals surface area (Å²) >= 11 is 7.79. The molecule has 1 atom stereocenters. The molecule has 146 valence electrons. The lowest BCUT2D eigenvalue weighted by Gasteiger charge is -2.39. The Balaban J connectivity index is 1.43. The highest BCUT2D eigenvalue weighted by atomic mass is 35.5. The van der Waals surface area contributed by atoms with E-state index in [1.165, 1.54) is 0 Å². The minimum absolute atomic E-state index is 0.0691. The van der Waals surface area contributed by atoms with Crippen LogP contribution in [0.15, 0.2) is 42.5 Å². The number of aromatic nitrogens is 1. The van der Waals surface area contributed by atoms with Crippen LogP contribution in [0.25, 0.3) is 10.2 Å². The van der Waals surface area contributed by atoms with E-state index in [9.17, 15) is 4.79 Å².